The van der Waals surface area contributed by atoms with E-state index >= 15 is 0 Å². The summed E-state index contributed by atoms with van der Waals surface area (Å²) in [5.74, 6) is 0.638. The minimum atomic E-state index is -0.103. The average Bonchev–Trinajstić information content (AvgIpc) is 3.42. The molecule has 1 N–H and O–H groups in total. The Kier molecular flexibility index (Phi) is 6.07. The second kappa shape index (κ2) is 9.07. The largest absolute Gasteiger partial charge is 0.379 e. The Balaban J connectivity index is 1.47. The molecular weight excluding hydrogens is 366 g/mol. The number of carbonyl (C=O) groups excluding carboxylic acids is 1. The number of hydrogen-bond donors (Lipinski definition) is 1. The minimum absolute atomic E-state index is 0.103. The molecule has 0 aliphatic carbocycles. The molecule has 1 fully saturated rings. The van der Waals surface area contributed by atoms with Crippen molar-refractivity contribution in [1.29, 1.82) is 0 Å². The summed E-state index contributed by atoms with van der Waals surface area (Å²) in [5, 5.41) is 7.56. The van der Waals surface area contributed by atoms with Gasteiger partial charge in [-0.2, -0.15) is 5.10 Å². The molecule has 0 saturated carbocycles. The molecule has 7 nitrogen and oxygen atoms in total. The summed E-state index contributed by atoms with van der Waals surface area (Å²) < 4.78 is 9.11. The molecule has 7 heteroatoms. The fourth-order valence-electron chi connectivity index (χ4n) is 3.53. The quantitative estimate of drug-likeness (QED) is 0.626. The van der Waals surface area contributed by atoms with Gasteiger partial charge in [0.15, 0.2) is 5.82 Å². The van der Waals surface area contributed by atoms with E-state index in [1.807, 2.05) is 58.0 Å². The number of nitrogens with zero attached hydrogens (tertiary/aromatic N) is 4. The summed E-state index contributed by atoms with van der Waals surface area (Å²) >= 11 is 0. The van der Waals surface area contributed by atoms with Crippen molar-refractivity contribution in [2.75, 3.05) is 39.4 Å². The van der Waals surface area contributed by atoms with Crippen molar-refractivity contribution in [1.82, 2.24) is 24.6 Å². The van der Waals surface area contributed by atoms with Gasteiger partial charge in [0.05, 0.1) is 25.1 Å². The van der Waals surface area contributed by atoms with E-state index in [1.54, 1.807) is 6.20 Å². The van der Waals surface area contributed by atoms with Gasteiger partial charge in [-0.15, -0.1) is 0 Å². The van der Waals surface area contributed by atoms with Crippen molar-refractivity contribution in [2.24, 2.45) is 0 Å². The average molecular weight is 393 g/mol. The number of benzene rings is 1. The van der Waals surface area contributed by atoms with Gasteiger partial charge in [-0.3, -0.25) is 9.69 Å². The number of hydrogen-bond acceptors (Lipinski definition) is 4. The van der Waals surface area contributed by atoms with E-state index in [-0.39, 0.29) is 5.91 Å². The van der Waals surface area contributed by atoms with Crippen LogP contribution in [0.5, 0.6) is 0 Å². The maximum Gasteiger partial charge on any atom is 0.256 e. The molecule has 0 bridgehead atoms. The van der Waals surface area contributed by atoms with Gasteiger partial charge in [0.1, 0.15) is 5.56 Å². The molecule has 1 aromatic carbocycles. The smallest absolute Gasteiger partial charge is 0.256 e. The lowest BCUT2D eigenvalue weighted by Gasteiger charge is -2.26. The van der Waals surface area contributed by atoms with Gasteiger partial charge in [-0.25, -0.2) is 4.68 Å². The highest BCUT2D eigenvalue weighted by atomic mass is 16.5. The predicted molar refractivity (Wildman–Crippen MR) is 112 cm³/mol. The first-order chi connectivity index (χ1) is 14.2. The molecule has 1 saturated heterocycles. The Bertz CT molecular complexity index is 925. The van der Waals surface area contributed by atoms with Crippen LogP contribution < -0.4 is 5.32 Å². The zero-order chi connectivity index (χ0) is 20.1. The van der Waals surface area contributed by atoms with Gasteiger partial charge in [0.25, 0.3) is 5.91 Å². The van der Waals surface area contributed by atoms with Gasteiger partial charge in [0, 0.05) is 32.0 Å². The van der Waals surface area contributed by atoms with Crippen molar-refractivity contribution in [2.45, 2.75) is 13.3 Å². The fraction of sp³-hybridized carbons (Fsp3) is 0.364. The van der Waals surface area contributed by atoms with Crippen LogP contribution in [-0.2, 0) is 4.74 Å². The highest BCUT2D eigenvalue weighted by Crippen LogP contribution is 2.20. The molecule has 0 unspecified atom stereocenters. The number of nitrogens with one attached hydrogen (secondary N) is 1. The van der Waals surface area contributed by atoms with E-state index in [9.17, 15) is 4.79 Å². The highest BCUT2D eigenvalue weighted by molar-refractivity contribution is 5.97. The number of morpholine rings is 1. The van der Waals surface area contributed by atoms with Gasteiger partial charge in [-0.1, -0.05) is 17.7 Å². The number of carbonyl (C=O) groups is 1. The molecule has 0 radical (unpaired) electrons. The van der Waals surface area contributed by atoms with E-state index in [1.165, 1.54) is 5.56 Å². The second-order valence-electron chi connectivity index (χ2n) is 7.28. The molecule has 29 heavy (non-hydrogen) atoms. The van der Waals surface area contributed by atoms with Crippen LogP contribution in [0.4, 0.5) is 0 Å². The number of rotatable bonds is 7. The van der Waals surface area contributed by atoms with Crippen LogP contribution >= 0.6 is 0 Å². The third kappa shape index (κ3) is 4.58. The molecule has 3 aromatic rings. The van der Waals surface area contributed by atoms with Crippen LogP contribution in [0.25, 0.3) is 11.5 Å². The van der Waals surface area contributed by atoms with E-state index in [0.717, 1.165) is 50.8 Å². The van der Waals surface area contributed by atoms with Crippen LogP contribution in [0.15, 0.2) is 55.0 Å². The zero-order valence-corrected chi connectivity index (χ0v) is 16.8. The van der Waals surface area contributed by atoms with E-state index < -0.39 is 0 Å². The fourth-order valence-corrected chi connectivity index (χ4v) is 3.53. The van der Waals surface area contributed by atoms with Crippen molar-refractivity contribution < 1.29 is 9.53 Å². The summed E-state index contributed by atoms with van der Waals surface area (Å²) in [5.41, 5.74) is 2.67. The predicted octanol–water partition coefficient (Wildman–Crippen LogP) is 2.42. The third-order valence-corrected chi connectivity index (χ3v) is 5.16. The number of aryl methyl sites for hydroxylation is 1. The lowest BCUT2D eigenvalue weighted by atomic mass is 10.2. The molecule has 1 amide bonds. The van der Waals surface area contributed by atoms with E-state index in [0.29, 0.717) is 12.1 Å². The van der Waals surface area contributed by atoms with Gasteiger partial charge < -0.3 is 14.6 Å². The maximum atomic E-state index is 12.9. The van der Waals surface area contributed by atoms with Gasteiger partial charge in [-0.05, 0) is 44.2 Å². The molecule has 0 spiro atoms. The highest BCUT2D eigenvalue weighted by Gasteiger charge is 2.19. The third-order valence-electron chi connectivity index (χ3n) is 5.16. The first-order valence-electron chi connectivity index (χ1n) is 10.1. The Morgan fingerprint density at radius 2 is 1.86 bits per heavy atom. The van der Waals surface area contributed by atoms with Crippen LogP contribution in [-0.4, -0.2) is 64.5 Å². The van der Waals surface area contributed by atoms with Crippen LogP contribution in [0.2, 0.25) is 0 Å². The lowest BCUT2D eigenvalue weighted by molar-refractivity contribution is 0.0374. The molecule has 1 aliphatic rings. The summed E-state index contributed by atoms with van der Waals surface area (Å²) in [4.78, 5) is 15.3. The van der Waals surface area contributed by atoms with Gasteiger partial charge in [0.2, 0.25) is 0 Å². The second-order valence-corrected chi connectivity index (χ2v) is 7.28. The van der Waals surface area contributed by atoms with Crippen molar-refractivity contribution >= 4 is 5.91 Å². The molecule has 4 rings (SSSR count). The number of ether oxygens (including phenoxy) is 1. The minimum Gasteiger partial charge on any atom is -0.379 e. The molecule has 1 aliphatic heterocycles. The van der Waals surface area contributed by atoms with Crippen molar-refractivity contribution in [3.63, 3.8) is 0 Å². The normalized spacial score (nSPS) is 14.8. The topological polar surface area (TPSA) is 64.3 Å². The summed E-state index contributed by atoms with van der Waals surface area (Å²) in [6.45, 7) is 7.18. The monoisotopic (exact) mass is 393 g/mol. The molecule has 3 heterocycles. The van der Waals surface area contributed by atoms with Crippen molar-refractivity contribution in [3.8, 4) is 11.5 Å². The van der Waals surface area contributed by atoms with Gasteiger partial charge >= 0.3 is 0 Å². The first kappa shape index (κ1) is 19.4. The Morgan fingerprint density at radius 3 is 2.59 bits per heavy atom. The zero-order valence-electron chi connectivity index (χ0n) is 16.8. The standard InChI is InChI=1S/C22H27N5O2/c1-18-5-7-19(8-6-18)27-22(26-11-2-3-12-26)20(17-24-27)21(28)23-9-4-10-25-13-15-29-16-14-25/h2-3,5-8,11-12,17H,4,9-10,13-16H2,1H3,(H,23,28). The Labute approximate surface area is 170 Å². The number of aromatic nitrogens is 3. The maximum absolute atomic E-state index is 12.9. The first-order valence-corrected chi connectivity index (χ1v) is 10.1. The van der Waals surface area contributed by atoms with E-state index in [2.05, 4.69) is 22.2 Å². The Hall–Kier alpha value is -2.90. The van der Waals surface area contributed by atoms with E-state index in [4.69, 9.17) is 4.74 Å². The van der Waals surface area contributed by atoms with Crippen LogP contribution in [0, 0.1) is 6.92 Å². The summed E-state index contributed by atoms with van der Waals surface area (Å²) in [6, 6.07) is 12.0. The number of amides is 1. The molecule has 0 atom stereocenters. The SMILES string of the molecule is Cc1ccc(-n2ncc(C(=O)NCCCN3CCOCC3)c2-n2cccc2)cc1. The Morgan fingerprint density at radius 1 is 1.14 bits per heavy atom. The molecular formula is C22H27N5O2. The van der Waals surface area contributed by atoms with Crippen LogP contribution in [0.1, 0.15) is 22.3 Å². The molecule has 152 valence electrons. The van der Waals surface area contributed by atoms with Crippen molar-refractivity contribution in [3.05, 3.63) is 66.1 Å². The van der Waals surface area contributed by atoms with Crippen LogP contribution in [0.3, 0.4) is 0 Å². The summed E-state index contributed by atoms with van der Waals surface area (Å²) in [6.07, 6.45) is 6.41. The lowest BCUT2D eigenvalue weighted by Crippen LogP contribution is -2.38. The molecule has 2 aromatic heterocycles. The summed E-state index contributed by atoms with van der Waals surface area (Å²) in [7, 11) is 0.